The molecular weight excluding hydrogens is 959 g/mol. The topological polar surface area (TPSA) is 51.8 Å². The van der Waals surface area contributed by atoms with E-state index in [1.807, 2.05) is 61.1 Å². The number of benzene rings is 10. The SMILES string of the molecule is c1ccc(-c2ccc(-c3cc(-c4cc5oc6ccccc6c5cn4)ccc3-c3ccccc3-c3cc(-c4ccccc4-c4ccc(-c5ccccn5)cc4)cc(-c4ccccc4-c4ccc(-c5ccccn5)cc4)c3)cc2)cc1. The van der Waals surface area contributed by atoms with E-state index in [-0.39, 0.29) is 0 Å². The second-order valence-corrected chi connectivity index (χ2v) is 19.9. The highest BCUT2D eigenvalue weighted by atomic mass is 16.3. The van der Waals surface area contributed by atoms with Gasteiger partial charge in [-0.3, -0.25) is 15.0 Å². The zero-order valence-corrected chi connectivity index (χ0v) is 43.0. The average Bonchev–Trinajstić information content (AvgIpc) is 4.02. The lowest BCUT2D eigenvalue weighted by atomic mass is 9.84. The monoisotopic (exact) mass is 1010 g/mol. The molecule has 79 heavy (non-hydrogen) atoms. The van der Waals surface area contributed by atoms with Gasteiger partial charge < -0.3 is 4.42 Å². The van der Waals surface area contributed by atoms with Crippen LogP contribution in [0.15, 0.2) is 302 Å². The first-order valence-electron chi connectivity index (χ1n) is 26.7. The van der Waals surface area contributed by atoms with E-state index in [2.05, 4.69) is 247 Å². The van der Waals surface area contributed by atoms with Crippen molar-refractivity contribution in [2.45, 2.75) is 0 Å². The van der Waals surface area contributed by atoms with Gasteiger partial charge in [-0.05, 0) is 144 Å². The predicted octanol–water partition coefficient (Wildman–Crippen LogP) is 20.1. The molecule has 0 N–H and O–H groups in total. The molecule has 0 atom stereocenters. The maximum absolute atomic E-state index is 6.39. The molecule has 0 aliphatic carbocycles. The van der Waals surface area contributed by atoms with Gasteiger partial charge in [0.25, 0.3) is 0 Å². The maximum Gasteiger partial charge on any atom is 0.139 e. The van der Waals surface area contributed by atoms with E-state index in [1.165, 1.54) is 5.56 Å². The molecule has 4 aromatic heterocycles. The lowest BCUT2D eigenvalue weighted by Gasteiger charge is -2.19. The van der Waals surface area contributed by atoms with Crippen molar-refractivity contribution in [1.29, 1.82) is 0 Å². The molecule has 0 aliphatic heterocycles. The van der Waals surface area contributed by atoms with Crippen LogP contribution < -0.4 is 0 Å². The Morgan fingerprint density at radius 1 is 0.203 bits per heavy atom. The fourth-order valence-corrected chi connectivity index (χ4v) is 11.2. The molecule has 4 heteroatoms. The van der Waals surface area contributed by atoms with E-state index in [4.69, 9.17) is 9.40 Å². The summed E-state index contributed by atoms with van der Waals surface area (Å²) in [6.07, 6.45) is 5.64. The first-order chi connectivity index (χ1) is 39.1. The normalized spacial score (nSPS) is 11.3. The largest absolute Gasteiger partial charge is 0.456 e. The number of aromatic nitrogens is 3. The van der Waals surface area contributed by atoms with Crippen LogP contribution in [0.4, 0.5) is 0 Å². The summed E-state index contributed by atoms with van der Waals surface area (Å²) in [5.74, 6) is 0. The molecule has 0 amide bonds. The van der Waals surface area contributed by atoms with Crippen LogP contribution in [0, 0.1) is 0 Å². The second kappa shape index (κ2) is 20.5. The molecule has 14 rings (SSSR count). The Hall–Kier alpha value is -10.6. The quantitative estimate of drug-likeness (QED) is 0.130. The van der Waals surface area contributed by atoms with Crippen LogP contribution in [0.2, 0.25) is 0 Å². The Bertz CT molecular complexity index is 4350. The summed E-state index contributed by atoms with van der Waals surface area (Å²) in [6, 6.07) is 99.7. The van der Waals surface area contributed by atoms with E-state index in [0.29, 0.717) is 0 Å². The summed E-state index contributed by atoms with van der Waals surface area (Å²) < 4.78 is 6.39. The van der Waals surface area contributed by atoms with Crippen molar-refractivity contribution in [2.24, 2.45) is 0 Å². The standard InChI is InChI=1S/C75H49N3O/c1-2-16-50(17-3-1)51-28-30-54(31-29-51)69-47-57(73-48-75-70(49-78-73)68-24-10-11-27-74(68)79-75)40-41-67(69)66-23-9-8-22-65(66)60-45-58(63-20-6-4-18-61(63)52-32-36-55(37-33-52)71-25-12-14-42-76-71)44-59(46-60)64-21-7-5-19-62(64)53-34-38-56(39-35-53)72-26-13-15-43-77-72/h1-49H. The number of hydrogen-bond donors (Lipinski definition) is 0. The van der Waals surface area contributed by atoms with Crippen LogP contribution in [0.3, 0.4) is 0 Å². The zero-order chi connectivity index (χ0) is 52.5. The Balaban J connectivity index is 0.941. The summed E-state index contributed by atoms with van der Waals surface area (Å²) in [4.78, 5) is 14.3. The van der Waals surface area contributed by atoms with Crippen molar-refractivity contribution < 1.29 is 4.42 Å². The number of hydrogen-bond acceptors (Lipinski definition) is 4. The van der Waals surface area contributed by atoms with Gasteiger partial charge in [0.15, 0.2) is 0 Å². The minimum absolute atomic E-state index is 0.816. The molecule has 0 fully saturated rings. The third-order valence-electron chi connectivity index (χ3n) is 15.1. The molecule has 4 heterocycles. The molecule has 0 saturated heterocycles. The Morgan fingerprint density at radius 3 is 1.15 bits per heavy atom. The smallest absolute Gasteiger partial charge is 0.139 e. The van der Waals surface area contributed by atoms with Crippen LogP contribution >= 0.6 is 0 Å². The van der Waals surface area contributed by atoms with Crippen molar-refractivity contribution in [3.63, 3.8) is 0 Å². The number of pyridine rings is 3. The Labute approximate surface area is 459 Å². The van der Waals surface area contributed by atoms with Gasteiger partial charge in [-0.2, -0.15) is 0 Å². The van der Waals surface area contributed by atoms with Gasteiger partial charge in [0, 0.05) is 52.1 Å². The second-order valence-electron chi connectivity index (χ2n) is 19.9. The Kier molecular flexibility index (Phi) is 12.2. The van der Waals surface area contributed by atoms with E-state index >= 15 is 0 Å². The van der Waals surface area contributed by atoms with Gasteiger partial charge in [-0.25, -0.2) is 0 Å². The first-order valence-corrected chi connectivity index (χ1v) is 26.7. The number of rotatable bonds is 11. The van der Waals surface area contributed by atoms with Gasteiger partial charge in [0.05, 0.1) is 17.1 Å². The Morgan fingerprint density at radius 2 is 0.608 bits per heavy atom. The molecule has 14 aromatic rings. The third kappa shape index (κ3) is 9.18. The van der Waals surface area contributed by atoms with Crippen LogP contribution in [0.1, 0.15) is 0 Å². The van der Waals surface area contributed by atoms with Crippen LogP contribution in [0.5, 0.6) is 0 Å². The van der Waals surface area contributed by atoms with Gasteiger partial charge in [-0.1, -0.05) is 218 Å². The molecule has 0 bridgehead atoms. The van der Waals surface area contributed by atoms with E-state index < -0.39 is 0 Å². The molecule has 4 nitrogen and oxygen atoms in total. The lowest BCUT2D eigenvalue weighted by Crippen LogP contribution is -1.94. The molecule has 10 aromatic carbocycles. The molecule has 0 radical (unpaired) electrons. The highest BCUT2D eigenvalue weighted by Gasteiger charge is 2.20. The first kappa shape index (κ1) is 46.9. The fourth-order valence-electron chi connectivity index (χ4n) is 11.2. The molecule has 0 aliphatic rings. The molecule has 0 unspecified atom stereocenters. The average molecular weight is 1010 g/mol. The number of furan rings is 1. The minimum atomic E-state index is 0.816. The molecule has 0 spiro atoms. The highest BCUT2D eigenvalue weighted by molar-refractivity contribution is 6.05. The van der Waals surface area contributed by atoms with Crippen molar-refractivity contribution in [3.8, 4) is 123 Å². The lowest BCUT2D eigenvalue weighted by molar-refractivity contribution is 0.668. The van der Waals surface area contributed by atoms with Crippen molar-refractivity contribution in [3.05, 3.63) is 298 Å². The maximum atomic E-state index is 6.39. The third-order valence-corrected chi connectivity index (χ3v) is 15.1. The van der Waals surface area contributed by atoms with E-state index in [0.717, 1.165) is 139 Å². The van der Waals surface area contributed by atoms with Gasteiger partial charge >= 0.3 is 0 Å². The molecular formula is C75H49N3O. The zero-order valence-electron chi connectivity index (χ0n) is 43.0. The summed E-state index contributed by atoms with van der Waals surface area (Å²) in [6.45, 7) is 0. The molecule has 0 saturated carbocycles. The van der Waals surface area contributed by atoms with Gasteiger partial charge in [0.2, 0.25) is 0 Å². The summed E-state index contributed by atoms with van der Waals surface area (Å²) in [7, 11) is 0. The summed E-state index contributed by atoms with van der Waals surface area (Å²) in [5, 5.41) is 2.07. The fraction of sp³-hybridized carbons (Fsp3) is 0. The number of nitrogens with zero attached hydrogens (tertiary/aromatic N) is 3. The van der Waals surface area contributed by atoms with Crippen LogP contribution in [-0.2, 0) is 0 Å². The highest BCUT2D eigenvalue weighted by Crippen LogP contribution is 2.45. The summed E-state index contributed by atoms with van der Waals surface area (Å²) >= 11 is 0. The predicted molar refractivity (Wildman–Crippen MR) is 327 cm³/mol. The van der Waals surface area contributed by atoms with E-state index in [1.54, 1.807) is 0 Å². The number of fused-ring (bicyclic) bond motifs is 3. The van der Waals surface area contributed by atoms with Gasteiger partial charge in [-0.15, -0.1) is 0 Å². The molecule has 370 valence electrons. The minimum Gasteiger partial charge on any atom is -0.456 e. The van der Waals surface area contributed by atoms with Crippen LogP contribution in [-0.4, -0.2) is 15.0 Å². The van der Waals surface area contributed by atoms with E-state index in [9.17, 15) is 0 Å². The van der Waals surface area contributed by atoms with Crippen LogP contribution in [0.25, 0.3) is 145 Å². The van der Waals surface area contributed by atoms with Crippen molar-refractivity contribution in [1.82, 2.24) is 15.0 Å². The number of para-hydroxylation sites is 1. The van der Waals surface area contributed by atoms with Crippen molar-refractivity contribution in [2.75, 3.05) is 0 Å². The summed E-state index contributed by atoms with van der Waals surface area (Å²) in [5.41, 5.74) is 25.7. The van der Waals surface area contributed by atoms with Gasteiger partial charge in [0.1, 0.15) is 11.2 Å². The van der Waals surface area contributed by atoms with Crippen molar-refractivity contribution >= 4 is 21.9 Å².